The first-order valence-corrected chi connectivity index (χ1v) is 12.2. The summed E-state index contributed by atoms with van der Waals surface area (Å²) in [6.45, 7) is 1.48. The number of benzene rings is 1. The van der Waals surface area contributed by atoms with E-state index in [9.17, 15) is 9.59 Å². The van der Waals surface area contributed by atoms with E-state index in [0.29, 0.717) is 54.2 Å². The Morgan fingerprint density at radius 3 is 2.19 bits per heavy atom. The Morgan fingerprint density at radius 2 is 1.58 bits per heavy atom. The number of amides is 2. The standard InChI is InChI=1S/C27H32N6O3/c28-13-19-2-1-3-20(10-19)23-11-22(12-24(33-23)21-8-9-25(29)30-16-21)26(34)31-14-17-4-6-18(7-5-17)15-32-27(35)36/h1-3,8-12,16-18,32H,4-7,13-15,28H2,(H2,29,30)(H,31,34)(H,35,36)/t17-,18-. The minimum absolute atomic E-state index is 0.159. The van der Waals surface area contributed by atoms with Gasteiger partial charge in [0.1, 0.15) is 5.82 Å². The van der Waals surface area contributed by atoms with Crippen LogP contribution in [-0.2, 0) is 6.54 Å². The summed E-state index contributed by atoms with van der Waals surface area (Å²) in [6, 6.07) is 14.9. The van der Waals surface area contributed by atoms with Gasteiger partial charge < -0.3 is 27.2 Å². The van der Waals surface area contributed by atoms with E-state index in [4.69, 9.17) is 21.6 Å². The molecule has 0 bridgehead atoms. The molecule has 2 aromatic heterocycles. The van der Waals surface area contributed by atoms with E-state index in [1.54, 1.807) is 24.4 Å². The van der Waals surface area contributed by atoms with Gasteiger partial charge in [0.15, 0.2) is 0 Å². The van der Waals surface area contributed by atoms with Crippen molar-refractivity contribution in [2.45, 2.75) is 32.2 Å². The lowest BCUT2D eigenvalue weighted by atomic mass is 9.82. The Hall–Kier alpha value is -3.98. The number of nitrogens with zero attached hydrogens (tertiary/aromatic N) is 2. The molecule has 0 saturated heterocycles. The van der Waals surface area contributed by atoms with Crippen molar-refractivity contribution < 1.29 is 14.7 Å². The van der Waals surface area contributed by atoms with Crippen LogP contribution in [0.3, 0.4) is 0 Å². The lowest BCUT2D eigenvalue weighted by molar-refractivity contribution is 0.0941. The SMILES string of the molecule is NCc1cccc(-c2cc(C(=O)NC[C@H]3CC[C@H](CNC(=O)O)CC3)cc(-c3ccc(N)nc3)n2)c1. The molecule has 0 aliphatic heterocycles. The fourth-order valence-electron chi connectivity index (χ4n) is 4.58. The third-order valence-electron chi connectivity index (χ3n) is 6.69. The molecule has 1 saturated carbocycles. The molecule has 2 amide bonds. The van der Waals surface area contributed by atoms with Crippen LogP contribution in [0.25, 0.3) is 22.5 Å². The Morgan fingerprint density at radius 1 is 0.917 bits per heavy atom. The van der Waals surface area contributed by atoms with Crippen LogP contribution in [0, 0.1) is 11.8 Å². The molecule has 36 heavy (non-hydrogen) atoms. The first-order valence-electron chi connectivity index (χ1n) is 12.2. The minimum Gasteiger partial charge on any atom is -0.465 e. The molecule has 4 rings (SSSR count). The molecule has 7 N–H and O–H groups in total. The van der Waals surface area contributed by atoms with Gasteiger partial charge in [0.2, 0.25) is 0 Å². The van der Waals surface area contributed by atoms with Crippen LogP contribution >= 0.6 is 0 Å². The van der Waals surface area contributed by atoms with E-state index in [1.165, 1.54) is 0 Å². The van der Waals surface area contributed by atoms with Gasteiger partial charge >= 0.3 is 6.09 Å². The molecule has 1 aromatic carbocycles. The van der Waals surface area contributed by atoms with Gasteiger partial charge in [-0.25, -0.2) is 14.8 Å². The summed E-state index contributed by atoms with van der Waals surface area (Å²) >= 11 is 0. The summed E-state index contributed by atoms with van der Waals surface area (Å²) in [5.41, 5.74) is 16.0. The van der Waals surface area contributed by atoms with Crippen molar-refractivity contribution in [2.24, 2.45) is 17.6 Å². The lowest BCUT2D eigenvalue weighted by Crippen LogP contribution is -2.34. The highest BCUT2D eigenvalue weighted by Crippen LogP contribution is 2.29. The van der Waals surface area contributed by atoms with E-state index in [0.717, 1.165) is 42.4 Å². The van der Waals surface area contributed by atoms with Gasteiger partial charge in [0.05, 0.1) is 11.4 Å². The first-order chi connectivity index (χ1) is 17.4. The number of carboxylic acid groups (broad SMARTS) is 1. The number of carbonyl (C=O) groups is 2. The largest absolute Gasteiger partial charge is 0.465 e. The third-order valence-corrected chi connectivity index (χ3v) is 6.69. The predicted octanol–water partition coefficient (Wildman–Crippen LogP) is 3.66. The zero-order chi connectivity index (χ0) is 25.5. The maximum atomic E-state index is 13.2. The van der Waals surface area contributed by atoms with Crippen LogP contribution in [0.15, 0.2) is 54.7 Å². The van der Waals surface area contributed by atoms with Gasteiger partial charge in [-0.3, -0.25) is 4.79 Å². The Labute approximate surface area is 210 Å². The number of hydrogen-bond donors (Lipinski definition) is 5. The Kier molecular flexibility index (Phi) is 8.12. The highest BCUT2D eigenvalue weighted by molar-refractivity contribution is 5.96. The smallest absolute Gasteiger partial charge is 0.404 e. The van der Waals surface area contributed by atoms with Crippen molar-refractivity contribution in [2.75, 3.05) is 18.8 Å². The second kappa shape index (κ2) is 11.6. The van der Waals surface area contributed by atoms with Gasteiger partial charge in [-0.05, 0) is 73.4 Å². The fourth-order valence-corrected chi connectivity index (χ4v) is 4.58. The quantitative estimate of drug-likeness (QED) is 0.324. The summed E-state index contributed by atoms with van der Waals surface area (Å²) in [7, 11) is 0. The lowest BCUT2D eigenvalue weighted by Gasteiger charge is -2.28. The zero-order valence-electron chi connectivity index (χ0n) is 20.1. The molecule has 9 nitrogen and oxygen atoms in total. The molecular formula is C27H32N6O3. The van der Waals surface area contributed by atoms with Crippen molar-refractivity contribution in [3.05, 3.63) is 65.9 Å². The molecule has 1 fully saturated rings. The molecule has 2 heterocycles. The first kappa shape index (κ1) is 25.1. The van der Waals surface area contributed by atoms with Crippen LogP contribution in [0.5, 0.6) is 0 Å². The van der Waals surface area contributed by atoms with E-state index in [-0.39, 0.29) is 5.91 Å². The number of nitrogens with one attached hydrogen (secondary N) is 2. The van der Waals surface area contributed by atoms with Crippen molar-refractivity contribution in [1.29, 1.82) is 0 Å². The van der Waals surface area contributed by atoms with Gasteiger partial charge in [-0.1, -0.05) is 18.2 Å². The molecule has 0 unspecified atom stereocenters. The summed E-state index contributed by atoms with van der Waals surface area (Å²) in [4.78, 5) is 32.9. The summed E-state index contributed by atoms with van der Waals surface area (Å²) in [6.07, 6.45) is 4.49. The van der Waals surface area contributed by atoms with Crippen molar-refractivity contribution in [3.8, 4) is 22.5 Å². The predicted molar refractivity (Wildman–Crippen MR) is 139 cm³/mol. The molecule has 3 aromatic rings. The molecule has 1 aliphatic rings. The maximum absolute atomic E-state index is 13.2. The highest BCUT2D eigenvalue weighted by atomic mass is 16.4. The van der Waals surface area contributed by atoms with Crippen molar-refractivity contribution in [1.82, 2.24) is 20.6 Å². The second-order valence-electron chi connectivity index (χ2n) is 9.29. The van der Waals surface area contributed by atoms with E-state index in [2.05, 4.69) is 15.6 Å². The van der Waals surface area contributed by atoms with Crippen LogP contribution < -0.4 is 22.1 Å². The number of nitrogens with two attached hydrogens (primary N) is 2. The fraction of sp³-hybridized carbons (Fsp3) is 0.333. The number of anilines is 1. The monoisotopic (exact) mass is 488 g/mol. The van der Waals surface area contributed by atoms with Crippen LogP contribution in [-0.4, -0.2) is 40.2 Å². The van der Waals surface area contributed by atoms with Gasteiger partial charge in [0, 0.05) is 42.5 Å². The average Bonchev–Trinajstić information content (AvgIpc) is 2.91. The zero-order valence-corrected chi connectivity index (χ0v) is 20.1. The molecule has 188 valence electrons. The molecule has 9 heteroatoms. The van der Waals surface area contributed by atoms with Gasteiger partial charge in [-0.2, -0.15) is 0 Å². The van der Waals surface area contributed by atoms with E-state index in [1.807, 2.05) is 30.3 Å². The van der Waals surface area contributed by atoms with Gasteiger partial charge in [0.25, 0.3) is 5.91 Å². The summed E-state index contributed by atoms with van der Waals surface area (Å²) in [5.74, 6) is 0.986. The Balaban J connectivity index is 1.50. The Bertz CT molecular complexity index is 1210. The van der Waals surface area contributed by atoms with Crippen LogP contribution in [0.1, 0.15) is 41.6 Å². The number of hydrogen-bond acceptors (Lipinski definition) is 6. The summed E-state index contributed by atoms with van der Waals surface area (Å²) in [5, 5.41) is 14.4. The number of pyridine rings is 2. The van der Waals surface area contributed by atoms with Crippen LogP contribution in [0.2, 0.25) is 0 Å². The average molecular weight is 489 g/mol. The van der Waals surface area contributed by atoms with Crippen molar-refractivity contribution >= 4 is 17.8 Å². The highest BCUT2D eigenvalue weighted by Gasteiger charge is 2.22. The molecule has 1 aliphatic carbocycles. The summed E-state index contributed by atoms with van der Waals surface area (Å²) < 4.78 is 0. The number of nitrogen functional groups attached to an aromatic ring is 1. The van der Waals surface area contributed by atoms with E-state index >= 15 is 0 Å². The van der Waals surface area contributed by atoms with Gasteiger partial charge in [-0.15, -0.1) is 0 Å². The third kappa shape index (κ3) is 6.57. The minimum atomic E-state index is -0.981. The topological polar surface area (TPSA) is 156 Å². The molecule has 0 radical (unpaired) electrons. The normalized spacial score (nSPS) is 17.4. The molecule has 0 atom stereocenters. The second-order valence-corrected chi connectivity index (χ2v) is 9.29. The molecular weight excluding hydrogens is 456 g/mol. The number of aromatic nitrogens is 2. The van der Waals surface area contributed by atoms with E-state index < -0.39 is 6.09 Å². The molecule has 0 spiro atoms. The van der Waals surface area contributed by atoms with Crippen LogP contribution in [0.4, 0.5) is 10.6 Å². The number of carbonyl (C=O) groups excluding carboxylic acids is 1. The maximum Gasteiger partial charge on any atom is 0.404 e. The van der Waals surface area contributed by atoms with Crippen molar-refractivity contribution in [3.63, 3.8) is 0 Å². The number of rotatable bonds is 8.